The second kappa shape index (κ2) is 9.14. The topological polar surface area (TPSA) is 60.5 Å². The number of amides is 1. The summed E-state index contributed by atoms with van der Waals surface area (Å²) in [6.07, 6.45) is 0.786. The summed E-state index contributed by atoms with van der Waals surface area (Å²) in [4.78, 5) is 17.5. The molecule has 1 amide bonds. The van der Waals surface area contributed by atoms with Gasteiger partial charge in [0, 0.05) is 30.7 Å². The Bertz CT molecular complexity index is 907. The number of carbonyl (C=O) groups excluding carboxylic acids is 1. The Hall–Kier alpha value is -2.92. The number of ether oxygens (including phenoxy) is 2. The van der Waals surface area contributed by atoms with Crippen molar-refractivity contribution in [3.05, 3.63) is 60.2 Å². The molecule has 0 unspecified atom stereocenters. The molecular formula is C22H24N2O3. The number of pyridine rings is 1. The highest BCUT2D eigenvalue weighted by Gasteiger charge is 2.13. The summed E-state index contributed by atoms with van der Waals surface area (Å²) in [7, 11) is 1.64. The monoisotopic (exact) mass is 364 g/mol. The van der Waals surface area contributed by atoms with E-state index in [2.05, 4.69) is 5.32 Å². The van der Waals surface area contributed by atoms with Gasteiger partial charge in [0.15, 0.2) is 0 Å². The maximum atomic E-state index is 12.8. The molecule has 0 radical (unpaired) electrons. The molecule has 1 heterocycles. The number of benzene rings is 2. The van der Waals surface area contributed by atoms with E-state index in [9.17, 15) is 4.79 Å². The molecule has 0 atom stereocenters. The van der Waals surface area contributed by atoms with Crippen molar-refractivity contribution < 1.29 is 14.3 Å². The van der Waals surface area contributed by atoms with Gasteiger partial charge in [-0.1, -0.05) is 18.2 Å². The first kappa shape index (κ1) is 18.9. The van der Waals surface area contributed by atoms with Crippen LogP contribution in [0.2, 0.25) is 0 Å². The van der Waals surface area contributed by atoms with Gasteiger partial charge in [-0.3, -0.25) is 4.79 Å². The minimum absolute atomic E-state index is 0.0974. The van der Waals surface area contributed by atoms with Gasteiger partial charge in [0.2, 0.25) is 0 Å². The average molecular weight is 364 g/mol. The van der Waals surface area contributed by atoms with Gasteiger partial charge in [0.1, 0.15) is 5.75 Å². The lowest BCUT2D eigenvalue weighted by atomic mass is 10.0. The number of fused-ring (bicyclic) bond motifs is 1. The first-order chi connectivity index (χ1) is 13.2. The Labute approximate surface area is 159 Å². The van der Waals surface area contributed by atoms with E-state index in [0.29, 0.717) is 25.3 Å². The third-order valence-electron chi connectivity index (χ3n) is 4.30. The van der Waals surface area contributed by atoms with Crippen LogP contribution in [-0.2, 0) is 4.74 Å². The zero-order chi connectivity index (χ0) is 19.1. The Morgan fingerprint density at radius 2 is 1.89 bits per heavy atom. The normalized spacial score (nSPS) is 10.7. The summed E-state index contributed by atoms with van der Waals surface area (Å²) in [6.45, 7) is 3.87. The van der Waals surface area contributed by atoms with Crippen LogP contribution < -0.4 is 10.1 Å². The number of carbonyl (C=O) groups is 1. The molecule has 3 rings (SSSR count). The largest absolute Gasteiger partial charge is 0.497 e. The summed E-state index contributed by atoms with van der Waals surface area (Å²) >= 11 is 0. The van der Waals surface area contributed by atoms with Crippen LogP contribution in [-0.4, -0.2) is 37.8 Å². The van der Waals surface area contributed by atoms with Gasteiger partial charge in [-0.25, -0.2) is 4.98 Å². The van der Waals surface area contributed by atoms with E-state index < -0.39 is 0 Å². The number of nitrogens with zero attached hydrogens (tertiary/aromatic N) is 1. The van der Waals surface area contributed by atoms with Crippen LogP contribution in [0.3, 0.4) is 0 Å². The Morgan fingerprint density at radius 1 is 1.11 bits per heavy atom. The maximum absolute atomic E-state index is 12.8. The third kappa shape index (κ3) is 4.63. The number of nitrogens with one attached hydrogen (secondary N) is 1. The highest BCUT2D eigenvalue weighted by atomic mass is 16.5. The first-order valence-corrected chi connectivity index (χ1v) is 9.13. The van der Waals surface area contributed by atoms with Gasteiger partial charge in [0.25, 0.3) is 5.91 Å². The molecule has 0 aliphatic rings. The van der Waals surface area contributed by atoms with Crippen molar-refractivity contribution in [2.75, 3.05) is 26.9 Å². The van der Waals surface area contributed by atoms with Crippen LogP contribution in [0.25, 0.3) is 22.2 Å². The fraction of sp³-hybridized carbons (Fsp3) is 0.273. The van der Waals surface area contributed by atoms with Crippen LogP contribution >= 0.6 is 0 Å². The van der Waals surface area contributed by atoms with Crippen molar-refractivity contribution in [1.82, 2.24) is 10.3 Å². The third-order valence-corrected chi connectivity index (χ3v) is 4.30. The molecule has 0 saturated carbocycles. The molecule has 27 heavy (non-hydrogen) atoms. The van der Waals surface area contributed by atoms with Crippen LogP contribution in [0, 0.1) is 0 Å². The van der Waals surface area contributed by atoms with Gasteiger partial charge < -0.3 is 14.8 Å². The van der Waals surface area contributed by atoms with E-state index in [1.807, 2.05) is 61.5 Å². The van der Waals surface area contributed by atoms with Gasteiger partial charge >= 0.3 is 0 Å². The highest BCUT2D eigenvalue weighted by Crippen LogP contribution is 2.26. The van der Waals surface area contributed by atoms with E-state index in [-0.39, 0.29) is 5.91 Å². The van der Waals surface area contributed by atoms with Crippen molar-refractivity contribution in [3.8, 4) is 17.0 Å². The van der Waals surface area contributed by atoms with Gasteiger partial charge in [-0.05, 0) is 49.7 Å². The molecule has 0 spiro atoms. The number of hydrogen-bond acceptors (Lipinski definition) is 4. The Kier molecular flexibility index (Phi) is 6.39. The summed E-state index contributed by atoms with van der Waals surface area (Å²) in [6, 6.07) is 17.2. The zero-order valence-electron chi connectivity index (χ0n) is 15.7. The molecule has 1 aromatic heterocycles. The lowest BCUT2D eigenvalue weighted by molar-refractivity contribution is 0.0946. The van der Waals surface area contributed by atoms with Gasteiger partial charge in [-0.15, -0.1) is 0 Å². The van der Waals surface area contributed by atoms with E-state index in [0.717, 1.165) is 34.3 Å². The minimum atomic E-state index is -0.0974. The van der Waals surface area contributed by atoms with Crippen molar-refractivity contribution in [2.45, 2.75) is 13.3 Å². The molecule has 5 nitrogen and oxygen atoms in total. The molecule has 3 aromatic rings. The Balaban J connectivity index is 1.89. The van der Waals surface area contributed by atoms with Crippen molar-refractivity contribution in [1.29, 1.82) is 0 Å². The molecular weight excluding hydrogens is 340 g/mol. The predicted molar refractivity (Wildman–Crippen MR) is 107 cm³/mol. The quantitative estimate of drug-likeness (QED) is 0.612. The van der Waals surface area contributed by atoms with Gasteiger partial charge in [-0.2, -0.15) is 0 Å². The fourth-order valence-corrected chi connectivity index (χ4v) is 2.89. The lowest BCUT2D eigenvalue weighted by Crippen LogP contribution is -2.25. The molecule has 0 aliphatic heterocycles. The number of rotatable bonds is 8. The average Bonchev–Trinajstić information content (AvgIpc) is 2.72. The number of hydrogen-bond donors (Lipinski definition) is 1. The van der Waals surface area contributed by atoms with E-state index in [1.54, 1.807) is 7.11 Å². The molecule has 0 fully saturated rings. The molecule has 5 heteroatoms. The fourth-order valence-electron chi connectivity index (χ4n) is 2.89. The second-order valence-corrected chi connectivity index (χ2v) is 6.11. The molecule has 0 saturated heterocycles. The summed E-state index contributed by atoms with van der Waals surface area (Å²) < 4.78 is 10.5. The molecule has 140 valence electrons. The SMILES string of the molecule is CCOCCCNC(=O)c1cc(-c2ccc(OC)cc2)nc2ccccc12. The molecule has 2 aromatic carbocycles. The smallest absolute Gasteiger partial charge is 0.252 e. The molecule has 1 N–H and O–H groups in total. The number of aromatic nitrogens is 1. The van der Waals surface area contributed by atoms with E-state index >= 15 is 0 Å². The predicted octanol–water partition coefficient (Wildman–Crippen LogP) is 4.07. The molecule has 0 aliphatic carbocycles. The van der Waals surface area contributed by atoms with Crippen LogP contribution in [0.5, 0.6) is 5.75 Å². The van der Waals surface area contributed by atoms with Crippen molar-refractivity contribution in [3.63, 3.8) is 0 Å². The van der Waals surface area contributed by atoms with Crippen LogP contribution in [0.4, 0.5) is 0 Å². The van der Waals surface area contributed by atoms with Gasteiger partial charge in [0.05, 0.1) is 23.9 Å². The summed E-state index contributed by atoms with van der Waals surface area (Å²) in [5.74, 6) is 0.687. The summed E-state index contributed by atoms with van der Waals surface area (Å²) in [5, 5.41) is 3.82. The zero-order valence-corrected chi connectivity index (χ0v) is 15.7. The van der Waals surface area contributed by atoms with Crippen molar-refractivity contribution in [2.24, 2.45) is 0 Å². The minimum Gasteiger partial charge on any atom is -0.497 e. The van der Waals surface area contributed by atoms with E-state index in [4.69, 9.17) is 14.5 Å². The van der Waals surface area contributed by atoms with Crippen molar-refractivity contribution >= 4 is 16.8 Å². The number of para-hydroxylation sites is 1. The Morgan fingerprint density at radius 3 is 2.63 bits per heavy atom. The van der Waals surface area contributed by atoms with Crippen LogP contribution in [0.15, 0.2) is 54.6 Å². The first-order valence-electron chi connectivity index (χ1n) is 9.13. The lowest BCUT2D eigenvalue weighted by Gasteiger charge is -2.11. The second-order valence-electron chi connectivity index (χ2n) is 6.11. The standard InChI is InChI=1S/C22H24N2O3/c1-3-27-14-6-13-23-22(25)19-15-21(16-9-11-17(26-2)12-10-16)24-20-8-5-4-7-18(19)20/h4-5,7-12,15H,3,6,13-14H2,1-2H3,(H,23,25). The highest BCUT2D eigenvalue weighted by molar-refractivity contribution is 6.07. The maximum Gasteiger partial charge on any atom is 0.252 e. The van der Waals surface area contributed by atoms with E-state index in [1.165, 1.54) is 0 Å². The van der Waals surface area contributed by atoms with Crippen LogP contribution in [0.1, 0.15) is 23.7 Å². The summed E-state index contributed by atoms with van der Waals surface area (Å²) in [5.41, 5.74) is 3.12. The molecule has 0 bridgehead atoms. The number of methoxy groups -OCH3 is 1.